The molecule has 0 aliphatic carbocycles. The lowest BCUT2D eigenvalue weighted by Crippen LogP contribution is -2.04. The van der Waals surface area contributed by atoms with Crippen molar-refractivity contribution in [2.45, 2.75) is 17.9 Å². The number of hydrogen-bond donors (Lipinski definition) is 2. The standard InChI is InChI=1S/C17H15N3OS/c21-14-4-2-1-3-11(14)9-18-17-16-12-7-8-22-15(12)6-5-13(16)19-10-20-17/h1-6,10,21H,7-9H2,(H,18,19,20). The highest BCUT2D eigenvalue weighted by molar-refractivity contribution is 7.99. The van der Waals surface area contributed by atoms with E-state index < -0.39 is 0 Å². The van der Waals surface area contributed by atoms with Gasteiger partial charge in [0.25, 0.3) is 0 Å². The van der Waals surface area contributed by atoms with Gasteiger partial charge in [-0.2, -0.15) is 0 Å². The van der Waals surface area contributed by atoms with E-state index in [4.69, 9.17) is 0 Å². The second kappa shape index (κ2) is 5.50. The molecule has 1 aliphatic rings. The third-order valence-corrected chi connectivity index (χ3v) is 5.02. The largest absolute Gasteiger partial charge is 0.508 e. The van der Waals surface area contributed by atoms with Crippen LogP contribution < -0.4 is 5.32 Å². The van der Waals surface area contributed by atoms with E-state index in [0.29, 0.717) is 12.3 Å². The molecule has 0 radical (unpaired) electrons. The van der Waals surface area contributed by atoms with Crippen LogP contribution in [0.15, 0.2) is 47.6 Å². The molecule has 0 unspecified atom stereocenters. The summed E-state index contributed by atoms with van der Waals surface area (Å²) in [6.07, 6.45) is 2.64. The van der Waals surface area contributed by atoms with Crippen LogP contribution in [-0.4, -0.2) is 20.8 Å². The van der Waals surface area contributed by atoms with Crippen molar-refractivity contribution in [3.05, 3.63) is 53.9 Å². The third kappa shape index (κ3) is 2.27. The zero-order valence-electron chi connectivity index (χ0n) is 11.9. The molecule has 0 amide bonds. The second-order valence-electron chi connectivity index (χ2n) is 5.24. The van der Waals surface area contributed by atoms with Gasteiger partial charge in [0.1, 0.15) is 17.9 Å². The van der Waals surface area contributed by atoms with Crippen molar-refractivity contribution < 1.29 is 5.11 Å². The van der Waals surface area contributed by atoms with Gasteiger partial charge in [-0.15, -0.1) is 11.8 Å². The molecule has 2 heterocycles. The number of nitrogens with one attached hydrogen (secondary N) is 1. The Bertz CT molecular complexity index is 850. The van der Waals surface area contributed by atoms with Crippen molar-refractivity contribution in [2.24, 2.45) is 0 Å². The minimum Gasteiger partial charge on any atom is -0.508 e. The zero-order chi connectivity index (χ0) is 14.9. The maximum Gasteiger partial charge on any atom is 0.137 e. The number of hydrogen-bond acceptors (Lipinski definition) is 5. The zero-order valence-corrected chi connectivity index (χ0v) is 12.7. The smallest absolute Gasteiger partial charge is 0.137 e. The van der Waals surface area contributed by atoms with Crippen LogP contribution in [0.4, 0.5) is 5.82 Å². The maximum atomic E-state index is 9.88. The van der Waals surface area contributed by atoms with E-state index in [2.05, 4.69) is 27.4 Å². The number of aromatic hydroxyl groups is 1. The number of rotatable bonds is 3. The van der Waals surface area contributed by atoms with Gasteiger partial charge in [0.15, 0.2) is 0 Å². The number of fused-ring (bicyclic) bond motifs is 3. The van der Waals surface area contributed by atoms with Crippen LogP contribution in [0.2, 0.25) is 0 Å². The molecule has 5 heteroatoms. The van der Waals surface area contributed by atoms with Crippen molar-refractivity contribution in [3.8, 4) is 5.75 Å². The minimum absolute atomic E-state index is 0.300. The van der Waals surface area contributed by atoms with E-state index in [0.717, 1.165) is 34.5 Å². The molecule has 3 aromatic rings. The van der Waals surface area contributed by atoms with Crippen molar-refractivity contribution in [1.29, 1.82) is 0 Å². The number of para-hydroxylation sites is 1. The van der Waals surface area contributed by atoms with Crippen LogP contribution in [0, 0.1) is 0 Å². The van der Waals surface area contributed by atoms with Crippen molar-refractivity contribution in [1.82, 2.24) is 9.97 Å². The number of phenolic OH excluding ortho intramolecular Hbond substituents is 1. The molecule has 0 atom stereocenters. The molecule has 0 saturated heterocycles. The highest BCUT2D eigenvalue weighted by Crippen LogP contribution is 2.38. The molecular weight excluding hydrogens is 294 g/mol. The topological polar surface area (TPSA) is 58.0 Å². The van der Waals surface area contributed by atoms with Crippen LogP contribution in [0.3, 0.4) is 0 Å². The normalized spacial score (nSPS) is 13.3. The Morgan fingerprint density at radius 3 is 2.95 bits per heavy atom. The van der Waals surface area contributed by atoms with E-state index >= 15 is 0 Å². The number of aryl methyl sites for hydroxylation is 1. The number of benzene rings is 2. The van der Waals surface area contributed by atoms with Gasteiger partial charge in [-0.1, -0.05) is 18.2 Å². The fourth-order valence-corrected chi connectivity index (χ4v) is 3.89. The van der Waals surface area contributed by atoms with Gasteiger partial charge in [0.05, 0.1) is 5.52 Å². The molecule has 1 aromatic heterocycles. The van der Waals surface area contributed by atoms with Crippen LogP contribution in [0.25, 0.3) is 10.9 Å². The van der Waals surface area contributed by atoms with Gasteiger partial charge in [-0.3, -0.25) is 0 Å². The maximum absolute atomic E-state index is 9.88. The van der Waals surface area contributed by atoms with Crippen LogP contribution >= 0.6 is 11.8 Å². The average molecular weight is 309 g/mol. The van der Waals surface area contributed by atoms with Gasteiger partial charge in [-0.25, -0.2) is 9.97 Å². The van der Waals surface area contributed by atoms with Crippen LogP contribution in [-0.2, 0) is 13.0 Å². The van der Waals surface area contributed by atoms with Gasteiger partial charge in [0, 0.05) is 28.1 Å². The first kappa shape index (κ1) is 13.4. The monoisotopic (exact) mass is 309 g/mol. The predicted molar refractivity (Wildman–Crippen MR) is 89.4 cm³/mol. The lowest BCUT2D eigenvalue weighted by atomic mass is 10.1. The Morgan fingerprint density at radius 1 is 1.14 bits per heavy atom. The summed E-state index contributed by atoms with van der Waals surface area (Å²) in [6, 6.07) is 11.6. The molecule has 110 valence electrons. The summed E-state index contributed by atoms with van der Waals surface area (Å²) in [5, 5.41) is 14.3. The quantitative estimate of drug-likeness (QED) is 0.774. The van der Waals surface area contributed by atoms with Crippen molar-refractivity contribution >= 4 is 28.5 Å². The van der Waals surface area contributed by atoms with E-state index in [1.807, 2.05) is 30.0 Å². The lowest BCUT2D eigenvalue weighted by Gasteiger charge is -2.12. The summed E-state index contributed by atoms with van der Waals surface area (Å²) >= 11 is 1.88. The van der Waals surface area contributed by atoms with Crippen molar-refractivity contribution in [2.75, 3.05) is 11.1 Å². The number of phenols is 1. The first-order valence-electron chi connectivity index (χ1n) is 7.23. The number of nitrogens with zero attached hydrogens (tertiary/aromatic N) is 2. The van der Waals surface area contributed by atoms with Crippen molar-refractivity contribution in [3.63, 3.8) is 0 Å². The second-order valence-corrected chi connectivity index (χ2v) is 6.38. The van der Waals surface area contributed by atoms with E-state index in [-0.39, 0.29) is 0 Å². The minimum atomic E-state index is 0.300. The number of aromatic nitrogens is 2. The fraction of sp³-hybridized carbons (Fsp3) is 0.176. The van der Waals surface area contributed by atoms with Gasteiger partial charge >= 0.3 is 0 Å². The Balaban J connectivity index is 1.73. The van der Waals surface area contributed by atoms with E-state index in [9.17, 15) is 5.11 Å². The highest BCUT2D eigenvalue weighted by Gasteiger charge is 2.18. The molecule has 22 heavy (non-hydrogen) atoms. The third-order valence-electron chi connectivity index (χ3n) is 3.92. The fourth-order valence-electron chi connectivity index (χ4n) is 2.82. The SMILES string of the molecule is Oc1ccccc1CNc1ncnc2ccc3c(c12)CCS3. The Labute approximate surface area is 132 Å². The van der Waals surface area contributed by atoms with E-state index in [1.165, 1.54) is 10.5 Å². The summed E-state index contributed by atoms with van der Waals surface area (Å²) in [4.78, 5) is 10.1. The Hall–Kier alpha value is -2.27. The van der Waals surface area contributed by atoms with Gasteiger partial charge in [0.2, 0.25) is 0 Å². The molecule has 4 nitrogen and oxygen atoms in total. The summed E-state index contributed by atoms with van der Waals surface area (Å²) in [5.41, 5.74) is 3.16. The summed E-state index contributed by atoms with van der Waals surface area (Å²) in [7, 11) is 0. The Kier molecular flexibility index (Phi) is 3.35. The molecule has 0 bridgehead atoms. The molecule has 2 N–H and O–H groups in total. The predicted octanol–water partition coefficient (Wildman–Crippen LogP) is 3.60. The van der Waals surface area contributed by atoms with Crippen LogP contribution in [0.5, 0.6) is 5.75 Å². The molecule has 4 rings (SSSR count). The first-order valence-corrected chi connectivity index (χ1v) is 8.21. The number of anilines is 1. The number of thioether (sulfide) groups is 1. The molecule has 1 aliphatic heterocycles. The van der Waals surface area contributed by atoms with Gasteiger partial charge in [-0.05, 0) is 30.2 Å². The molecule has 0 fully saturated rings. The molecule has 0 saturated carbocycles. The summed E-state index contributed by atoms with van der Waals surface area (Å²) in [6.45, 7) is 0.537. The summed E-state index contributed by atoms with van der Waals surface area (Å²) in [5.74, 6) is 2.25. The lowest BCUT2D eigenvalue weighted by molar-refractivity contribution is 0.469. The van der Waals surface area contributed by atoms with Gasteiger partial charge < -0.3 is 10.4 Å². The Morgan fingerprint density at radius 2 is 2.05 bits per heavy atom. The highest BCUT2D eigenvalue weighted by atomic mass is 32.2. The average Bonchev–Trinajstić information content (AvgIpc) is 3.02. The molecule has 2 aromatic carbocycles. The van der Waals surface area contributed by atoms with Crippen LogP contribution in [0.1, 0.15) is 11.1 Å². The first-order chi connectivity index (χ1) is 10.8. The molecular formula is C17H15N3OS. The molecule has 0 spiro atoms. The summed E-state index contributed by atoms with van der Waals surface area (Å²) < 4.78 is 0. The van der Waals surface area contributed by atoms with E-state index in [1.54, 1.807) is 12.4 Å².